The number of carbonyl (C=O) groups excluding carboxylic acids is 2. The van der Waals surface area contributed by atoms with Gasteiger partial charge >= 0.3 is 11.9 Å². The van der Waals surface area contributed by atoms with Crippen molar-refractivity contribution in [2.24, 2.45) is 5.73 Å². The molecule has 2 aliphatic rings. The number of hydrogen-bond acceptors (Lipinski definition) is 14. The zero-order chi connectivity index (χ0) is 33.2. The quantitative estimate of drug-likeness (QED) is 0.143. The number of carbonyl (C=O) groups is 2. The van der Waals surface area contributed by atoms with E-state index in [9.17, 15) is 14.7 Å². The summed E-state index contributed by atoms with van der Waals surface area (Å²) in [5, 5.41) is 27.6. The summed E-state index contributed by atoms with van der Waals surface area (Å²) < 4.78 is 11.4. The van der Waals surface area contributed by atoms with Gasteiger partial charge in [0.2, 0.25) is 0 Å². The number of nitrogens with two attached hydrogens (primary N) is 1. The van der Waals surface area contributed by atoms with Crippen LogP contribution < -0.4 is 21.7 Å². The van der Waals surface area contributed by atoms with E-state index in [4.69, 9.17) is 20.3 Å². The minimum absolute atomic E-state index is 0. The Bertz CT molecular complexity index is 1180. The average Bonchev–Trinajstić information content (AvgIpc) is 3.00. The first-order valence-corrected chi connectivity index (χ1v) is 17.3. The van der Waals surface area contributed by atoms with Crippen molar-refractivity contribution in [3.8, 4) is 0 Å². The number of ether oxygens (including phenoxy) is 2. The Morgan fingerprint density at radius 3 is 1.72 bits per heavy atom. The van der Waals surface area contributed by atoms with Crippen molar-refractivity contribution >= 4 is 89.6 Å². The first-order valence-electron chi connectivity index (χ1n) is 14.9. The van der Waals surface area contributed by atoms with Gasteiger partial charge in [-0.25, -0.2) is 19.9 Å². The summed E-state index contributed by atoms with van der Waals surface area (Å²) in [6.45, 7) is 4.36. The Labute approximate surface area is 301 Å². The van der Waals surface area contributed by atoms with E-state index < -0.39 is 0 Å². The van der Waals surface area contributed by atoms with Crippen LogP contribution in [-0.2, 0) is 19.1 Å². The SMILES string of the molecule is CCO[13C](=O)[13CH2]Nc1ncc(Br)nc1Br.CCO[13C](=O)[13CH2]Nc1ncc(Br)nc1NC1CCC(O)CC1.Cl.NC1CCC(O)CC1. The number of nitrogens with zero attached hydrogens (tertiary/aromatic N) is 4. The standard InChI is InChI=1S/C14H21BrN4O3.C8H9Br2N3O2.C6H13NO.ClH/c1-2-22-12(21)8-17-13-14(19-11(15)7-16-13)18-9-3-5-10(20)6-4-9;1-2-15-6(14)4-12-8-7(10)13-5(9)3-11-8;7-5-1-3-6(8)4-2-5;/h7,9-10,20H,2-6,8H2,1H3,(H,16,17)(H,18,19);3H,2,4H2,1H3,(H,11,12);5-6,8H,1-4,7H2;1H/i8+1,12+1;4+1,6+1;;. The van der Waals surface area contributed by atoms with E-state index in [-0.39, 0.29) is 55.7 Å². The number of nitrogens with one attached hydrogen (secondary N) is 3. The molecule has 2 aromatic rings. The third-order valence-corrected chi connectivity index (χ3v) is 7.95. The zero-order valence-electron chi connectivity index (χ0n) is 25.9. The van der Waals surface area contributed by atoms with Crippen molar-refractivity contribution in [2.45, 2.75) is 89.5 Å². The van der Waals surface area contributed by atoms with Gasteiger partial charge < -0.3 is 41.4 Å². The molecule has 46 heavy (non-hydrogen) atoms. The summed E-state index contributed by atoms with van der Waals surface area (Å²) in [6, 6.07) is 0.605. The Kier molecular flexibility index (Phi) is 21.5. The van der Waals surface area contributed by atoms with Crippen molar-refractivity contribution in [1.29, 1.82) is 0 Å². The Hall–Kier alpha value is -1.89. The van der Waals surface area contributed by atoms with Gasteiger partial charge in [-0.05, 0) is 113 Å². The maximum absolute atomic E-state index is 11.4. The Morgan fingerprint density at radius 2 is 1.24 bits per heavy atom. The van der Waals surface area contributed by atoms with Gasteiger partial charge in [-0.2, -0.15) is 0 Å². The topological polar surface area (TPSA) is 207 Å². The molecule has 4 rings (SSSR count). The fourth-order valence-electron chi connectivity index (χ4n) is 4.31. The first kappa shape index (κ1) is 42.1. The van der Waals surface area contributed by atoms with Crippen LogP contribution in [0, 0.1) is 0 Å². The van der Waals surface area contributed by atoms with Crippen LogP contribution in [0.25, 0.3) is 0 Å². The molecule has 2 heterocycles. The van der Waals surface area contributed by atoms with Gasteiger partial charge in [-0.15, -0.1) is 12.4 Å². The van der Waals surface area contributed by atoms with Crippen LogP contribution in [0.5, 0.6) is 0 Å². The van der Waals surface area contributed by atoms with E-state index in [0.29, 0.717) is 50.5 Å². The Morgan fingerprint density at radius 1 is 0.783 bits per heavy atom. The molecule has 0 radical (unpaired) electrons. The van der Waals surface area contributed by atoms with Crippen LogP contribution in [0.2, 0.25) is 0 Å². The van der Waals surface area contributed by atoms with E-state index in [1.54, 1.807) is 20.0 Å². The summed E-state index contributed by atoms with van der Waals surface area (Å²) in [5.41, 5.74) is 5.59. The third kappa shape index (κ3) is 17.3. The van der Waals surface area contributed by atoms with E-state index >= 15 is 0 Å². The van der Waals surface area contributed by atoms with Gasteiger partial charge in [0.25, 0.3) is 0 Å². The molecule has 0 aliphatic heterocycles. The highest BCUT2D eigenvalue weighted by atomic mass is 79.9. The predicted octanol–water partition coefficient (Wildman–Crippen LogP) is 4.58. The molecule has 0 unspecified atom stereocenters. The zero-order valence-corrected chi connectivity index (χ0v) is 31.5. The van der Waals surface area contributed by atoms with Gasteiger partial charge in [-0.3, -0.25) is 9.59 Å². The molecule has 0 spiro atoms. The van der Waals surface area contributed by atoms with Crippen molar-refractivity contribution in [1.82, 2.24) is 19.9 Å². The summed E-state index contributed by atoms with van der Waals surface area (Å²) in [6.07, 6.45) is 9.99. The molecular formula is C28H44Br3ClN8O6. The smallest absolute Gasteiger partial charge is 0.325 e. The second-order valence-corrected chi connectivity index (χ2v) is 12.6. The molecule has 2 aliphatic carbocycles. The van der Waals surface area contributed by atoms with Gasteiger partial charge in [0, 0.05) is 12.1 Å². The molecule has 0 atom stereocenters. The van der Waals surface area contributed by atoms with Crippen LogP contribution in [-0.4, -0.2) is 92.7 Å². The van der Waals surface area contributed by atoms with Crippen molar-refractivity contribution in [3.05, 3.63) is 26.2 Å². The Balaban J connectivity index is 0.000000380. The molecule has 0 amide bonds. The minimum atomic E-state index is -0.334. The number of halogens is 4. The lowest BCUT2D eigenvalue weighted by Gasteiger charge is -2.27. The van der Waals surface area contributed by atoms with Crippen molar-refractivity contribution in [3.63, 3.8) is 0 Å². The lowest BCUT2D eigenvalue weighted by molar-refractivity contribution is -0.141. The van der Waals surface area contributed by atoms with Gasteiger partial charge in [-0.1, -0.05) is 0 Å². The number of aliphatic hydroxyl groups is 2. The average molecular weight is 868 g/mol. The normalized spacial score (nSPS) is 20.3. The van der Waals surface area contributed by atoms with Crippen LogP contribution in [0.3, 0.4) is 0 Å². The first-order chi connectivity index (χ1) is 21.5. The second kappa shape index (κ2) is 23.4. The second-order valence-electron chi connectivity index (χ2n) is 10.3. The lowest BCUT2D eigenvalue weighted by atomic mass is 9.93. The van der Waals surface area contributed by atoms with E-state index in [0.717, 1.165) is 51.4 Å². The summed E-state index contributed by atoms with van der Waals surface area (Å²) in [7, 11) is 0. The monoisotopic (exact) mass is 864 g/mol. The highest BCUT2D eigenvalue weighted by molar-refractivity contribution is 9.11. The minimum Gasteiger partial charge on any atom is -0.465 e. The van der Waals surface area contributed by atoms with Crippen LogP contribution in [0.15, 0.2) is 26.2 Å². The molecule has 0 bridgehead atoms. The molecule has 7 N–H and O–H groups in total. The lowest BCUT2D eigenvalue weighted by Crippen LogP contribution is -2.29. The van der Waals surface area contributed by atoms with E-state index in [1.807, 2.05) is 0 Å². The van der Waals surface area contributed by atoms with E-state index in [1.165, 1.54) is 6.20 Å². The summed E-state index contributed by atoms with van der Waals surface area (Å²) in [5.74, 6) is 0.960. The predicted molar refractivity (Wildman–Crippen MR) is 189 cm³/mol. The van der Waals surface area contributed by atoms with Gasteiger partial charge in [0.05, 0.1) is 37.8 Å². The molecule has 0 aromatic carbocycles. The molecular weight excluding hydrogens is 823 g/mol. The molecule has 2 fully saturated rings. The third-order valence-electron chi connectivity index (χ3n) is 6.63. The van der Waals surface area contributed by atoms with Crippen molar-refractivity contribution in [2.75, 3.05) is 42.3 Å². The fraction of sp³-hybridized carbons (Fsp3) is 0.643. The number of aromatic nitrogens is 4. The number of esters is 2. The van der Waals surface area contributed by atoms with Crippen LogP contribution in [0.1, 0.15) is 65.2 Å². The highest BCUT2D eigenvalue weighted by Gasteiger charge is 2.21. The molecule has 14 nitrogen and oxygen atoms in total. The summed E-state index contributed by atoms with van der Waals surface area (Å²) >= 11 is 9.70. The van der Waals surface area contributed by atoms with Gasteiger partial charge in [0.1, 0.15) is 26.9 Å². The molecule has 2 aromatic heterocycles. The van der Waals surface area contributed by atoms with Crippen LogP contribution >= 0.6 is 60.2 Å². The summed E-state index contributed by atoms with van der Waals surface area (Å²) in [4.78, 5) is 39.2. The van der Waals surface area contributed by atoms with Gasteiger partial charge in [0.15, 0.2) is 17.5 Å². The maximum atomic E-state index is 11.4. The molecule has 2 saturated carbocycles. The van der Waals surface area contributed by atoms with E-state index in [2.05, 4.69) is 83.7 Å². The van der Waals surface area contributed by atoms with Crippen molar-refractivity contribution < 1.29 is 29.3 Å². The molecule has 0 saturated heterocycles. The molecule has 18 heteroatoms. The molecule has 260 valence electrons. The number of hydrogen-bond donors (Lipinski definition) is 6. The van der Waals surface area contributed by atoms with Crippen LogP contribution in [0.4, 0.5) is 17.5 Å². The largest absolute Gasteiger partial charge is 0.465 e. The number of anilines is 3. The highest BCUT2D eigenvalue weighted by Crippen LogP contribution is 2.25. The number of aliphatic hydroxyl groups excluding tert-OH is 2. The number of rotatable bonds is 10. The fourth-order valence-corrected chi connectivity index (χ4v) is 5.54. The maximum Gasteiger partial charge on any atom is 0.325 e.